The molecule has 4 nitrogen and oxygen atoms in total. The summed E-state index contributed by atoms with van der Waals surface area (Å²) in [4.78, 5) is 18.8. The Hall–Kier alpha value is -2.04. The van der Waals surface area contributed by atoms with Gasteiger partial charge < -0.3 is 9.72 Å². The van der Waals surface area contributed by atoms with Crippen LogP contribution >= 0.6 is 23.2 Å². The van der Waals surface area contributed by atoms with Crippen LogP contribution in [0.15, 0.2) is 42.6 Å². The number of fused-ring (bicyclic) bond motifs is 1. The summed E-state index contributed by atoms with van der Waals surface area (Å²) in [5.74, 6) is -0.494. The van der Waals surface area contributed by atoms with Crippen LogP contribution in [0.5, 0.6) is 0 Å². The highest BCUT2D eigenvalue weighted by Gasteiger charge is 2.12. The molecule has 0 fully saturated rings. The maximum absolute atomic E-state index is 11.8. The third-order valence-corrected chi connectivity index (χ3v) is 3.52. The molecule has 0 aliphatic carbocycles. The average molecular weight is 321 g/mol. The van der Waals surface area contributed by atoms with E-state index in [4.69, 9.17) is 27.9 Å². The second-order valence-corrected chi connectivity index (χ2v) is 5.23. The summed E-state index contributed by atoms with van der Waals surface area (Å²) in [6.07, 6.45) is 1.52. The van der Waals surface area contributed by atoms with Gasteiger partial charge in [-0.05, 0) is 18.2 Å². The molecule has 106 valence electrons. The minimum Gasteiger partial charge on any atom is -0.456 e. The van der Waals surface area contributed by atoms with Crippen molar-refractivity contribution in [1.29, 1.82) is 0 Å². The van der Waals surface area contributed by atoms with Crippen LogP contribution < -0.4 is 0 Å². The predicted octanol–water partition coefficient (Wildman–Crippen LogP) is 4.23. The molecule has 21 heavy (non-hydrogen) atoms. The first kappa shape index (κ1) is 13.9. The molecule has 0 saturated carbocycles. The van der Waals surface area contributed by atoms with Crippen LogP contribution in [0, 0.1) is 0 Å². The summed E-state index contributed by atoms with van der Waals surface area (Å²) < 4.78 is 5.20. The van der Waals surface area contributed by atoms with Gasteiger partial charge in [-0.1, -0.05) is 41.4 Å². The molecule has 0 spiro atoms. The van der Waals surface area contributed by atoms with Gasteiger partial charge in [0.2, 0.25) is 0 Å². The molecule has 3 rings (SSSR count). The molecule has 3 aromatic rings. The van der Waals surface area contributed by atoms with E-state index in [1.54, 1.807) is 0 Å². The van der Waals surface area contributed by atoms with Gasteiger partial charge >= 0.3 is 5.97 Å². The second kappa shape index (κ2) is 5.76. The Balaban J connectivity index is 1.78. The summed E-state index contributed by atoms with van der Waals surface area (Å²) in [5, 5.41) is 1.72. The fourth-order valence-electron chi connectivity index (χ4n) is 1.94. The molecule has 1 aromatic carbocycles. The molecule has 0 amide bonds. The largest absolute Gasteiger partial charge is 0.456 e. The fraction of sp³-hybridized carbons (Fsp3) is 0.0667. The number of aromatic amines is 1. The molecule has 2 heterocycles. The summed E-state index contributed by atoms with van der Waals surface area (Å²) >= 11 is 11.8. The summed E-state index contributed by atoms with van der Waals surface area (Å²) in [5.41, 5.74) is 1.75. The molecule has 0 aliphatic heterocycles. The number of carbonyl (C=O) groups excluding carboxylic acids is 1. The predicted molar refractivity (Wildman–Crippen MR) is 81.7 cm³/mol. The van der Waals surface area contributed by atoms with Crippen molar-refractivity contribution in [2.75, 3.05) is 0 Å². The van der Waals surface area contributed by atoms with Crippen molar-refractivity contribution in [3.05, 3.63) is 64.0 Å². The Bertz CT molecular complexity index is 814. The normalized spacial score (nSPS) is 10.8. The van der Waals surface area contributed by atoms with Crippen LogP contribution in [0.4, 0.5) is 0 Å². The van der Waals surface area contributed by atoms with E-state index in [1.807, 2.05) is 30.3 Å². The number of nitrogens with one attached hydrogen (secondary N) is 1. The van der Waals surface area contributed by atoms with Gasteiger partial charge in [0.25, 0.3) is 0 Å². The number of ether oxygens (including phenoxy) is 1. The molecule has 0 bridgehead atoms. The van der Waals surface area contributed by atoms with Gasteiger partial charge in [-0.2, -0.15) is 0 Å². The van der Waals surface area contributed by atoms with Crippen molar-refractivity contribution in [3.8, 4) is 0 Å². The van der Waals surface area contributed by atoms with Crippen LogP contribution in [0.1, 0.15) is 16.1 Å². The van der Waals surface area contributed by atoms with Gasteiger partial charge in [0.15, 0.2) is 0 Å². The van der Waals surface area contributed by atoms with Crippen molar-refractivity contribution in [2.24, 2.45) is 0 Å². The van der Waals surface area contributed by atoms with Crippen molar-refractivity contribution in [3.63, 3.8) is 0 Å². The number of pyridine rings is 1. The number of nitrogens with zero attached hydrogens (tertiary/aromatic N) is 1. The molecule has 6 heteroatoms. The van der Waals surface area contributed by atoms with E-state index in [2.05, 4.69) is 9.97 Å². The lowest BCUT2D eigenvalue weighted by Gasteiger charge is -2.07. The molecular weight excluding hydrogens is 311 g/mol. The smallest absolute Gasteiger partial charge is 0.355 e. The fourth-order valence-corrected chi connectivity index (χ4v) is 2.31. The number of benzene rings is 1. The van der Waals surface area contributed by atoms with Crippen LogP contribution in [-0.4, -0.2) is 15.9 Å². The summed E-state index contributed by atoms with van der Waals surface area (Å²) in [6, 6.07) is 11.0. The van der Waals surface area contributed by atoms with Gasteiger partial charge in [-0.15, -0.1) is 0 Å². The van der Waals surface area contributed by atoms with E-state index < -0.39 is 5.97 Å². The Morgan fingerprint density at radius 1 is 1.24 bits per heavy atom. The maximum Gasteiger partial charge on any atom is 0.355 e. The van der Waals surface area contributed by atoms with Gasteiger partial charge in [0, 0.05) is 17.1 Å². The van der Waals surface area contributed by atoms with Crippen molar-refractivity contribution in [1.82, 2.24) is 9.97 Å². The molecule has 0 radical (unpaired) electrons. The van der Waals surface area contributed by atoms with E-state index in [0.717, 1.165) is 10.9 Å². The molecule has 2 aromatic heterocycles. The lowest BCUT2D eigenvalue weighted by molar-refractivity contribution is 0.0466. The lowest BCUT2D eigenvalue weighted by atomic mass is 10.2. The standard InChI is InChI=1S/C15H10Cl2N2O2/c16-11-6-13(18-7-11)15(20)21-8-10-5-9-3-1-2-4-12(9)19-14(10)17/h1-7,18H,8H2. The number of esters is 1. The van der Waals surface area contributed by atoms with E-state index in [1.165, 1.54) is 12.3 Å². The summed E-state index contributed by atoms with van der Waals surface area (Å²) in [7, 11) is 0. The number of para-hydroxylation sites is 1. The number of H-pyrrole nitrogens is 1. The lowest BCUT2D eigenvalue weighted by Crippen LogP contribution is -2.06. The topological polar surface area (TPSA) is 55.0 Å². The Morgan fingerprint density at radius 3 is 2.81 bits per heavy atom. The van der Waals surface area contributed by atoms with E-state index >= 15 is 0 Å². The highest BCUT2D eigenvalue weighted by atomic mass is 35.5. The van der Waals surface area contributed by atoms with E-state index in [9.17, 15) is 4.79 Å². The first-order valence-corrected chi connectivity index (χ1v) is 6.94. The second-order valence-electron chi connectivity index (χ2n) is 4.44. The van der Waals surface area contributed by atoms with Crippen LogP contribution in [0.25, 0.3) is 10.9 Å². The minimum atomic E-state index is -0.494. The molecule has 0 unspecified atom stereocenters. The number of halogens is 2. The zero-order valence-corrected chi connectivity index (χ0v) is 12.3. The first-order valence-electron chi connectivity index (χ1n) is 6.19. The van der Waals surface area contributed by atoms with E-state index in [-0.39, 0.29) is 6.61 Å². The monoisotopic (exact) mass is 320 g/mol. The maximum atomic E-state index is 11.8. The number of hydrogen-bond acceptors (Lipinski definition) is 3. The van der Waals surface area contributed by atoms with Gasteiger partial charge in [0.05, 0.1) is 10.5 Å². The third kappa shape index (κ3) is 3.01. The highest BCUT2D eigenvalue weighted by molar-refractivity contribution is 6.31. The zero-order chi connectivity index (χ0) is 14.8. The SMILES string of the molecule is O=C(OCc1cc2ccccc2nc1Cl)c1cc(Cl)c[nH]1. The Kier molecular flexibility index (Phi) is 3.82. The van der Waals surface area contributed by atoms with Crippen LogP contribution in [0.2, 0.25) is 10.2 Å². The third-order valence-electron chi connectivity index (χ3n) is 2.98. The van der Waals surface area contributed by atoms with E-state index in [0.29, 0.717) is 21.4 Å². The number of rotatable bonds is 3. The molecular formula is C15H10Cl2N2O2. The molecule has 0 saturated heterocycles. The average Bonchev–Trinajstić information content (AvgIpc) is 2.91. The van der Waals surface area contributed by atoms with Crippen molar-refractivity contribution >= 4 is 40.1 Å². The van der Waals surface area contributed by atoms with Gasteiger partial charge in [0.1, 0.15) is 17.5 Å². The number of carbonyl (C=O) groups is 1. The van der Waals surface area contributed by atoms with Gasteiger partial charge in [-0.3, -0.25) is 0 Å². The quantitative estimate of drug-likeness (QED) is 0.580. The van der Waals surface area contributed by atoms with Crippen LogP contribution in [0.3, 0.4) is 0 Å². The minimum absolute atomic E-state index is 0.0478. The number of hydrogen-bond donors (Lipinski definition) is 1. The number of aromatic nitrogens is 2. The Morgan fingerprint density at radius 2 is 2.05 bits per heavy atom. The Labute approximate surface area is 130 Å². The zero-order valence-electron chi connectivity index (χ0n) is 10.8. The summed E-state index contributed by atoms with van der Waals surface area (Å²) in [6.45, 7) is 0.0478. The molecule has 1 N–H and O–H groups in total. The van der Waals surface area contributed by atoms with Crippen molar-refractivity contribution in [2.45, 2.75) is 6.61 Å². The van der Waals surface area contributed by atoms with Crippen LogP contribution in [-0.2, 0) is 11.3 Å². The van der Waals surface area contributed by atoms with Gasteiger partial charge in [-0.25, -0.2) is 9.78 Å². The van der Waals surface area contributed by atoms with Crippen molar-refractivity contribution < 1.29 is 9.53 Å². The first-order chi connectivity index (χ1) is 10.1. The highest BCUT2D eigenvalue weighted by Crippen LogP contribution is 2.21. The molecule has 0 aliphatic rings. The molecule has 0 atom stereocenters.